The first-order chi connectivity index (χ1) is 27.8. The quantitative estimate of drug-likeness (QED) is 0.163. The normalized spacial score (nSPS) is 11.6. The van der Waals surface area contributed by atoms with E-state index in [9.17, 15) is 0 Å². The maximum Gasteiger partial charge on any atom is 0.138 e. The largest absolute Gasteiger partial charge is 0.456 e. The van der Waals surface area contributed by atoms with Crippen LogP contribution in [0.3, 0.4) is 0 Å². The zero-order valence-electron chi connectivity index (χ0n) is 30.3. The van der Waals surface area contributed by atoms with Crippen molar-refractivity contribution in [1.82, 2.24) is 0 Å². The number of fused-ring (bicyclic) bond motifs is 8. The van der Waals surface area contributed by atoms with Crippen molar-refractivity contribution in [1.29, 1.82) is 0 Å². The van der Waals surface area contributed by atoms with Crippen molar-refractivity contribution in [3.8, 4) is 11.1 Å². The van der Waals surface area contributed by atoms with Crippen molar-refractivity contribution in [2.24, 2.45) is 0 Å². The van der Waals surface area contributed by atoms with E-state index in [1.54, 1.807) is 0 Å². The SMILES string of the molecule is c1ccc(-c2cc(N(c3ccccc3)c3ccc4sc5ccc6ccccc6c5c4c3)cc3oc4ccc(N(c5ccccc5)c5ccccc5)cc4c23)cc1. The molecule has 0 atom stereocenters. The molecule has 11 aromatic rings. The molecule has 0 spiro atoms. The van der Waals surface area contributed by atoms with E-state index in [0.717, 1.165) is 67.2 Å². The van der Waals surface area contributed by atoms with Crippen LogP contribution < -0.4 is 9.80 Å². The molecule has 0 amide bonds. The highest BCUT2D eigenvalue weighted by Crippen LogP contribution is 2.47. The lowest BCUT2D eigenvalue weighted by Gasteiger charge is -2.26. The summed E-state index contributed by atoms with van der Waals surface area (Å²) in [5.74, 6) is 0. The van der Waals surface area contributed by atoms with E-state index in [0.29, 0.717) is 0 Å². The second-order valence-corrected chi connectivity index (χ2v) is 15.2. The predicted octanol–water partition coefficient (Wildman–Crippen LogP) is 15.7. The number of para-hydroxylation sites is 3. The molecule has 0 aliphatic carbocycles. The van der Waals surface area contributed by atoms with Crippen LogP contribution >= 0.6 is 11.3 Å². The van der Waals surface area contributed by atoms with Gasteiger partial charge >= 0.3 is 0 Å². The molecule has 56 heavy (non-hydrogen) atoms. The van der Waals surface area contributed by atoms with Gasteiger partial charge in [-0.2, -0.15) is 0 Å². The van der Waals surface area contributed by atoms with Gasteiger partial charge in [0.25, 0.3) is 0 Å². The van der Waals surface area contributed by atoms with Gasteiger partial charge in [-0.15, -0.1) is 11.3 Å². The second-order valence-electron chi connectivity index (χ2n) is 14.1. The second kappa shape index (κ2) is 13.3. The monoisotopic (exact) mass is 734 g/mol. The zero-order chi connectivity index (χ0) is 37.0. The third kappa shape index (κ3) is 5.42. The summed E-state index contributed by atoms with van der Waals surface area (Å²) in [6, 6.07) is 73.7. The van der Waals surface area contributed by atoms with E-state index in [2.05, 4.69) is 216 Å². The summed E-state index contributed by atoms with van der Waals surface area (Å²) in [6.45, 7) is 0. The summed E-state index contributed by atoms with van der Waals surface area (Å²) in [5, 5.41) is 7.29. The molecular formula is C52H34N2OS. The van der Waals surface area contributed by atoms with Gasteiger partial charge in [0.1, 0.15) is 11.2 Å². The summed E-state index contributed by atoms with van der Waals surface area (Å²) in [5.41, 5.74) is 10.4. The fourth-order valence-corrected chi connectivity index (χ4v) is 9.40. The third-order valence-corrected chi connectivity index (χ3v) is 11.9. The minimum absolute atomic E-state index is 0.841. The highest BCUT2D eigenvalue weighted by Gasteiger charge is 2.22. The number of anilines is 6. The first kappa shape index (κ1) is 32.3. The summed E-state index contributed by atoms with van der Waals surface area (Å²) in [7, 11) is 0. The number of nitrogens with zero attached hydrogens (tertiary/aromatic N) is 2. The summed E-state index contributed by atoms with van der Waals surface area (Å²) in [6.07, 6.45) is 0. The first-order valence-corrected chi connectivity index (χ1v) is 19.7. The molecule has 0 N–H and O–H groups in total. The minimum atomic E-state index is 0.841. The van der Waals surface area contributed by atoms with Gasteiger partial charge in [0, 0.05) is 65.4 Å². The smallest absolute Gasteiger partial charge is 0.138 e. The van der Waals surface area contributed by atoms with Crippen LogP contribution in [0.15, 0.2) is 211 Å². The Labute approximate surface area is 328 Å². The zero-order valence-corrected chi connectivity index (χ0v) is 31.2. The Bertz CT molecular complexity index is 3150. The van der Waals surface area contributed by atoms with Gasteiger partial charge in [0.15, 0.2) is 0 Å². The van der Waals surface area contributed by atoms with Crippen LogP contribution in [0, 0.1) is 0 Å². The molecule has 9 aromatic carbocycles. The van der Waals surface area contributed by atoms with Crippen LogP contribution in [-0.4, -0.2) is 0 Å². The summed E-state index contributed by atoms with van der Waals surface area (Å²) in [4.78, 5) is 4.67. The molecule has 0 saturated heterocycles. The standard InChI is InChI=1S/C52H34N2OS/c1-5-15-35(16-6-1)44-33-42(34-48-51(44)45-31-40(26-28-47(45)55-48)53(37-18-7-2-8-19-37)38-20-9-3-10-21-38)54(39-22-11-4-12-23-39)41-27-30-49-46(32-41)52-43-24-14-13-17-36(43)25-29-50(52)56-49/h1-34H. The fourth-order valence-electron chi connectivity index (χ4n) is 8.29. The Morgan fingerprint density at radius 1 is 0.339 bits per heavy atom. The molecule has 2 aromatic heterocycles. The Balaban J connectivity index is 1.15. The van der Waals surface area contributed by atoms with Crippen molar-refractivity contribution >= 4 is 98.3 Å². The molecular weight excluding hydrogens is 701 g/mol. The Morgan fingerprint density at radius 2 is 0.893 bits per heavy atom. The molecule has 0 fully saturated rings. The van der Waals surface area contributed by atoms with E-state index in [4.69, 9.17) is 4.42 Å². The van der Waals surface area contributed by atoms with Gasteiger partial charge in [0.2, 0.25) is 0 Å². The maximum atomic E-state index is 6.84. The molecule has 0 aliphatic rings. The number of benzene rings is 9. The van der Waals surface area contributed by atoms with Crippen LogP contribution in [0.1, 0.15) is 0 Å². The molecule has 0 unspecified atom stereocenters. The summed E-state index contributed by atoms with van der Waals surface area (Å²) >= 11 is 1.86. The fraction of sp³-hybridized carbons (Fsp3) is 0. The number of rotatable bonds is 7. The Morgan fingerprint density at radius 3 is 1.57 bits per heavy atom. The van der Waals surface area contributed by atoms with E-state index in [1.165, 1.54) is 30.9 Å². The first-order valence-electron chi connectivity index (χ1n) is 18.9. The number of furan rings is 1. The van der Waals surface area contributed by atoms with Gasteiger partial charge in [-0.05, 0) is 107 Å². The van der Waals surface area contributed by atoms with Crippen molar-refractivity contribution < 1.29 is 4.42 Å². The number of hydrogen-bond donors (Lipinski definition) is 0. The van der Waals surface area contributed by atoms with Crippen LogP contribution in [0.5, 0.6) is 0 Å². The number of hydrogen-bond acceptors (Lipinski definition) is 4. The molecule has 3 nitrogen and oxygen atoms in total. The van der Waals surface area contributed by atoms with Crippen molar-refractivity contribution in [3.05, 3.63) is 206 Å². The molecule has 0 bridgehead atoms. The van der Waals surface area contributed by atoms with E-state index in [-0.39, 0.29) is 0 Å². The van der Waals surface area contributed by atoms with Crippen LogP contribution in [0.2, 0.25) is 0 Å². The van der Waals surface area contributed by atoms with Gasteiger partial charge in [-0.25, -0.2) is 0 Å². The molecule has 0 radical (unpaired) electrons. The van der Waals surface area contributed by atoms with E-state index in [1.807, 2.05) is 11.3 Å². The van der Waals surface area contributed by atoms with Gasteiger partial charge in [0.05, 0.1) is 5.69 Å². The molecule has 11 rings (SSSR count). The van der Waals surface area contributed by atoms with Crippen molar-refractivity contribution in [2.45, 2.75) is 0 Å². The molecule has 4 heteroatoms. The lowest BCUT2D eigenvalue weighted by atomic mass is 9.97. The Hall–Kier alpha value is -7.14. The lowest BCUT2D eigenvalue weighted by Crippen LogP contribution is -2.10. The topological polar surface area (TPSA) is 19.6 Å². The van der Waals surface area contributed by atoms with Crippen molar-refractivity contribution in [2.75, 3.05) is 9.80 Å². The van der Waals surface area contributed by atoms with E-state index < -0.39 is 0 Å². The van der Waals surface area contributed by atoms with Crippen LogP contribution in [0.25, 0.3) is 64.0 Å². The van der Waals surface area contributed by atoms with Crippen LogP contribution in [-0.2, 0) is 0 Å². The maximum absolute atomic E-state index is 6.84. The van der Waals surface area contributed by atoms with Gasteiger partial charge < -0.3 is 14.2 Å². The third-order valence-electron chi connectivity index (χ3n) is 10.8. The molecule has 264 valence electrons. The van der Waals surface area contributed by atoms with Gasteiger partial charge in [-0.3, -0.25) is 0 Å². The predicted molar refractivity (Wildman–Crippen MR) is 239 cm³/mol. The minimum Gasteiger partial charge on any atom is -0.456 e. The average Bonchev–Trinajstić information content (AvgIpc) is 3.83. The molecule has 2 heterocycles. The highest BCUT2D eigenvalue weighted by atomic mass is 32.1. The summed E-state index contributed by atoms with van der Waals surface area (Å²) < 4.78 is 9.42. The van der Waals surface area contributed by atoms with Crippen molar-refractivity contribution in [3.63, 3.8) is 0 Å². The molecule has 0 saturated carbocycles. The average molecular weight is 735 g/mol. The number of thiophene rings is 1. The van der Waals surface area contributed by atoms with Crippen LogP contribution in [0.4, 0.5) is 34.1 Å². The molecule has 0 aliphatic heterocycles. The van der Waals surface area contributed by atoms with Gasteiger partial charge in [-0.1, -0.05) is 115 Å². The Kier molecular flexibility index (Phi) is 7.68. The lowest BCUT2D eigenvalue weighted by molar-refractivity contribution is 0.669. The van der Waals surface area contributed by atoms with E-state index >= 15 is 0 Å². The highest BCUT2D eigenvalue weighted by molar-refractivity contribution is 7.26.